The van der Waals surface area contributed by atoms with Gasteiger partial charge in [0.1, 0.15) is 0 Å². The smallest absolute Gasteiger partial charge is 0.261 e. The van der Waals surface area contributed by atoms with Crippen LogP contribution in [0.25, 0.3) is 0 Å². The molecule has 1 N–H and O–H groups in total. The van der Waals surface area contributed by atoms with Crippen LogP contribution in [0, 0.1) is 0 Å². The fraction of sp³-hybridized carbons (Fsp3) is 0.375. The number of carbonyl (C=O) groups is 2. The molecule has 0 bridgehead atoms. The molecule has 0 atom stereocenters. The molecule has 8 heteroatoms. The van der Waals surface area contributed by atoms with E-state index in [1.165, 1.54) is 16.2 Å². The van der Waals surface area contributed by atoms with Crippen LogP contribution in [0.1, 0.15) is 14.5 Å². The van der Waals surface area contributed by atoms with Crippen molar-refractivity contribution in [3.8, 4) is 0 Å². The highest BCUT2D eigenvalue weighted by Gasteiger charge is 2.21. The number of thiophene rings is 2. The van der Waals surface area contributed by atoms with Crippen LogP contribution in [0.15, 0.2) is 33.4 Å². The van der Waals surface area contributed by atoms with Crippen LogP contribution in [-0.2, 0) is 11.3 Å². The van der Waals surface area contributed by atoms with Gasteiger partial charge in [-0.15, -0.1) is 22.7 Å². The Morgan fingerprint density at radius 1 is 1.17 bits per heavy atom. The zero-order valence-electron chi connectivity index (χ0n) is 13.0. The third kappa shape index (κ3) is 4.66. The van der Waals surface area contributed by atoms with E-state index in [4.69, 9.17) is 0 Å². The molecule has 0 spiro atoms. The highest BCUT2D eigenvalue weighted by atomic mass is 79.9. The SMILES string of the molecule is O=C(NCC(=O)N1CCN(Cc2cccs2)CC1)c1ccc(Br)s1. The van der Waals surface area contributed by atoms with E-state index >= 15 is 0 Å². The van der Waals surface area contributed by atoms with Gasteiger partial charge in [0.05, 0.1) is 15.2 Å². The average Bonchev–Trinajstić information content (AvgIpc) is 3.24. The van der Waals surface area contributed by atoms with Gasteiger partial charge in [0.25, 0.3) is 5.91 Å². The van der Waals surface area contributed by atoms with Gasteiger partial charge in [0.2, 0.25) is 5.91 Å². The zero-order valence-corrected chi connectivity index (χ0v) is 16.3. The van der Waals surface area contributed by atoms with E-state index in [1.54, 1.807) is 17.4 Å². The fourth-order valence-corrected chi connectivity index (χ4v) is 4.62. The summed E-state index contributed by atoms with van der Waals surface area (Å²) in [6.45, 7) is 4.17. The largest absolute Gasteiger partial charge is 0.342 e. The Bertz CT molecular complexity index is 694. The number of rotatable bonds is 5. The number of hydrogen-bond donors (Lipinski definition) is 1. The van der Waals surface area contributed by atoms with E-state index in [9.17, 15) is 9.59 Å². The van der Waals surface area contributed by atoms with E-state index in [1.807, 2.05) is 11.0 Å². The van der Waals surface area contributed by atoms with Crippen molar-refractivity contribution in [2.75, 3.05) is 32.7 Å². The van der Waals surface area contributed by atoms with Crippen LogP contribution < -0.4 is 5.32 Å². The first-order chi connectivity index (χ1) is 11.6. The second-order valence-corrected chi connectivity index (χ2v) is 9.02. The molecule has 0 aromatic carbocycles. The number of nitrogens with zero attached hydrogens (tertiary/aromatic N) is 2. The minimum absolute atomic E-state index is 0.0188. The van der Waals surface area contributed by atoms with Crippen molar-refractivity contribution in [3.05, 3.63) is 43.2 Å². The predicted octanol–water partition coefficient (Wildman–Crippen LogP) is 2.65. The fourth-order valence-electron chi connectivity index (χ4n) is 2.57. The van der Waals surface area contributed by atoms with Gasteiger partial charge < -0.3 is 10.2 Å². The summed E-state index contributed by atoms with van der Waals surface area (Å²) in [7, 11) is 0. The van der Waals surface area contributed by atoms with Crippen molar-refractivity contribution in [3.63, 3.8) is 0 Å². The second kappa shape index (κ2) is 8.24. The third-order valence-electron chi connectivity index (χ3n) is 3.88. The van der Waals surface area contributed by atoms with Crippen LogP contribution >= 0.6 is 38.6 Å². The summed E-state index contributed by atoms with van der Waals surface area (Å²) >= 11 is 6.45. The summed E-state index contributed by atoms with van der Waals surface area (Å²) < 4.78 is 0.904. The highest BCUT2D eigenvalue weighted by Crippen LogP contribution is 2.21. The zero-order chi connectivity index (χ0) is 16.9. The van der Waals surface area contributed by atoms with Crippen molar-refractivity contribution in [1.82, 2.24) is 15.1 Å². The Labute approximate surface area is 157 Å². The molecule has 24 heavy (non-hydrogen) atoms. The van der Waals surface area contributed by atoms with Crippen molar-refractivity contribution in [1.29, 1.82) is 0 Å². The van der Waals surface area contributed by atoms with Gasteiger partial charge in [0, 0.05) is 37.6 Å². The first-order valence-corrected chi connectivity index (χ1v) is 10.2. The van der Waals surface area contributed by atoms with E-state index in [2.05, 4.69) is 43.7 Å². The lowest BCUT2D eigenvalue weighted by molar-refractivity contribution is -0.131. The summed E-state index contributed by atoms with van der Waals surface area (Å²) in [6.07, 6.45) is 0. The Morgan fingerprint density at radius 3 is 2.58 bits per heavy atom. The molecule has 2 aromatic heterocycles. The van der Waals surface area contributed by atoms with E-state index in [0.717, 1.165) is 23.4 Å². The number of carbonyl (C=O) groups excluding carboxylic acids is 2. The number of nitrogens with one attached hydrogen (secondary N) is 1. The molecule has 1 aliphatic heterocycles. The van der Waals surface area contributed by atoms with Crippen molar-refractivity contribution >= 4 is 50.4 Å². The lowest BCUT2D eigenvalue weighted by Gasteiger charge is -2.34. The van der Waals surface area contributed by atoms with Crippen LogP contribution in [0.4, 0.5) is 0 Å². The van der Waals surface area contributed by atoms with Crippen LogP contribution in [-0.4, -0.2) is 54.3 Å². The summed E-state index contributed by atoms with van der Waals surface area (Å²) in [4.78, 5) is 30.4. The quantitative estimate of drug-likeness (QED) is 0.797. The topological polar surface area (TPSA) is 52.7 Å². The molecule has 5 nitrogen and oxygen atoms in total. The highest BCUT2D eigenvalue weighted by molar-refractivity contribution is 9.11. The summed E-state index contributed by atoms with van der Waals surface area (Å²) in [5.41, 5.74) is 0. The standard InChI is InChI=1S/C16H18BrN3O2S2/c17-14-4-3-13(24-14)16(22)18-10-15(21)20-7-5-19(6-8-20)11-12-2-1-9-23-12/h1-4,9H,5-8,10-11H2,(H,18,22). The maximum Gasteiger partial charge on any atom is 0.261 e. The third-order valence-corrected chi connectivity index (χ3v) is 6.37. The second-order valence-electron chi connectivity index (χ2n) is 5.52. The van der Waals surface area contributed by atoms with Gasteiger partial charge in [-0.2, -0.15) is 0 Å². The van der Waals surface area contributed by atoms with Gasteiger partial charge in [-0.1, -0.05) is 6.07 Å². The van der Waals surface area contributed by atoms with Gasteiger partial charge in [0.15, 0.2) is 0 Å². The maximum absolute atomic E-state index is 12.3. The van der Waals surface area contributed by atoms with E-state index in [-0.39, 0.29) is 18.4 Å². The van der Waals surface area contributed by atoms with Gasteiger partial charge in [-0.3, -0.25) is 14.5 Å². The molecule has 0 saturated carbocycles. The minimum atomic E-state index is -0.199. The molecule has 2 amide bonds. The predicted molar refractivity (Wildman–Crippen MR) is 101 cm³/mol. The molecule has 0 aliphatic carbocycles. The monoisotopic (exact) mass is 427 g/mol. The first-order valence-electron chi connectivity index (χ1n) is 7.68. The molecule has 3 heterocycles. The van der Waals surface area contributed by atoms with Crippen LogP contribution in [0.3, 0.4) is 0 Å². The van der Waals surface area contributed by atoms with E-state index < -0.39 is 0 Å². The van der Waals surface area contributed by atoms with Crippen LogP contribution in [0.5, 0.6) is 0 Å². The summed E-state index contributed by atoms with van der Waals surface area (Å²) in [5.74, 6) is -0.217. The normalized spacial score (nSPS) is 15.5. The van der Waals surface area contributed by atoms with Crippen molar-refractivity contribution in [2.45, 2.75) is 6.54 Å². The van der Waals surface area contributed by atoms with Gasteiger partial charge >= 0.3 is 0 Å². The number of hydrogen-bond acceptors (Lipinski definition) is 5. The van der Waals surface area contributed by atoms with Crippen molar-refractivity contribution in [2.24, 2.45) is 0 Å². The molecular formula is C16H18BrN3O2S2. The van der Waals surface area contributed by atoms with Gasteiger partial charge in [-0.25, -0.2) is 0 Å². The Kier molecular flexibility index (Phi) is 6.04. The number of piperazine rings is 1. The van der Waals surface area contributed by atoms with Crippen LogP contribution in [0.2, 0.25) is 0 Å². The molecule has 1 saturated heterocycles. The maximum atomic E-state index is 12.3. The molecular weight excluding hydrogens is 410 g/mol. The lowest BCUT2D eigenvalue weighted by atomic mass is 10.3. The molecule has 2 aromatic rings. The Morgan fingerprint density at radius 2 is 1.96 bits per heavy atom. The summed E-state index contributed by atoms with van der Waals surface area (Å²) in [6, 6.07) is 7.78. The lowest BCUT2D eigenvalue weighted by Crippen LogP contribution is -2.50. The minimum Gasteiger partial charge on any atom is -0.342 e. The molecule has 0 radical (unpaired) electrons. The molecule has 0 unspecified atom stereocenters. The molecule has 1 fully saturated rings. The first kappa shape index (κ1) is 17.6. The summed E-state index contributed by atoms with van der Waals surface area (Å²) in [5, 5.41) is 4.79. The average molecular weight is 428 g/mol. The van der Waals surface area contributed by atoms with Gasteiger partial charge in [-0.05, 0) is 39.5 Å². The number of amides is 2. The Hall–Kier alpha value is -1.22. The Balaban J connectivity index is 1.41. The van der Waals surface area contributed by atoms with E-state index in [0.29, 0.717) is 18.0 Å². The molecule has 3 rings (SSSR count). The number of halogens is 1. The molecule has 128 valence electrons. The molecule has 1 aliphatic rings. The van der Waals surface area contributed by atoms with Crippen molar-refractivity contribution < 1.29 is 9.59 Å².